The molecule has 3 unspecified atom stereocenters. The van der Waals surface area contributed by atoms with Gasteiger partial charge in [-0.05, 0) is 38.5 Å². The Balaban J connectivity index is 1.86. The van der Waals surface area contributed by atoms with Crippen molar-refractivity contribution in [2.24, 2.45) is 11.8 Å². The lowest BCUT2D eigenvalue weighted by Gasteiger charge is -2.34. The van der Waals surface area contributed by atoms with E-state index in [1.165, 1.54) is 12.8 Å². The van der Waals surface area contributed by atoms with Crippen molar-refractivity contribution in [1.82, 2.24) is 4.90 Å². The summed E-state index contributed by atoms with van der Waals surface area (Å²) in [7, 11) is 0. The van der Waals surface area contributed by atoms with E-state index < -0.39 is 0 Å². The first kappa shape index (κ1) is 13.3. The van der Waals surface area contributed by atoms with Crippen LogP contribution in [0, 0.1) is 11.8 Å². The molecule has 2 heterocycles. The van der Waals surface area contributed by atoms with E-state index in [9.17, 15) is 4.79 Å². The van der Waals surface area contributed by atoms with Crippen LogP contribution >= 0.6 is 15.9 Å². The molecule has 0 N–H and O–H groups in total. The van der Waals surface area contributed by atoms with Gasteiger partial charge in [0.05, 0.1) is 18.6 Å². The summed E-state index contributed by atoms with van der Waals surface area (Å²) >= 11 is 3.49. The Bertz CT molecular complexity index is 270. The van der Waals surface area contributed by atoms with E-state index in [0.717, 1.165) is 31.3 Å². The number of nitrogens with zero attached hydrogens (tertiary/aromatic N) is 1. The van der Waals surface area contributed by atoms with Crippen LogP contribution in [0.5, 0.6) is 0 Å². The Labute approximate surface area is 112 Å². The fourth-order valence-corrected chi connectivity index (χ4v) is 3.55. The predicted octanol–water partition coefficient (Wildman–Crippen LogP) is 2.44. The van der Waals surface area contributed by atoms with Crippen molar-refractivity contribution in [3.05, 3.63) is 0 Å². The number of hydrogen-bond acceptors (Lipinski definition) is 2. The van der Waals surface area contributed by atoms with Gasteiger partial charge in [0, 0.05) is 18.4 Å². The van der Waals surface area contributed by atoms with Crippen LogP contribution in [0.15, 0.2) is 0 Å². The molecule has 2 rings (SSSR count). The fraction of sp³-hybridized carbons (Fsp3) is 0.923. The van der Waals surface area contributed by atoms with Crippen molar-refractivity contribution < 1.29 is 9.53 Å². The van der Waals surface area contributed by atoms with E-state index in [0.29, 0.717) is 18.4 Å². The van der Waals surface area contributed by atoms with E-state index >= 15 is 0 Å². The van der Waals surface area contributed by atoms with E-state index in [1.54, 1.807) is 0 Å². The monoisotopic (exact) mass is 303 g/mol. The van der Waals surface area contributed by atoms with Crippen LogP contribution in [0.1, 0.15) is 32.6 Å². The molecule has 3 nitrogen and oxygen atoms in total. The van der Waals surface area contributed by atoms with E-state index in [4.69, 9.17) is 4.74 Å². The molecule has 17 heavy (non-hydrogen) atoms. The highest BCUT2D eigenvalue weighted by molar-refractivity contribution is 9.09. The summed E-state index contributed by atoms with van der Waals surface area (Å²) in [5.74, 6) is 1.13. The average molecular weight is 304 g/mol. The molecule has 2 aliphatic heterocycles. The fourth-order valence-electron chi connectivity index (χ4n) is 2.90. The number of halogens is 1. The van der Waals surface area contributed by atoms with Gasteiger partial charge in [-0.2, -0.15) is 0 Å². The molecule has 3 atom stereocenters. The largest absolute Gasteiger partial charge is 0.378 e. The molecule has 0 aliphatic carbocycles. The number of piperidine rings is 1. The molecule has 0 saturated carbocycles. The van der Waals surface area contributed by atoms with Crippen LogP contribution in [0.2, 0.25) is 0 Å². The SMILES string of the molecule is CC1CC(C(=O)N2CCCC(CCBr)C2)CO1. The Morgan fingerprint density at radius 3 is 3.00 bits per heavy atom. The lowest BCUT2D eigenvalue weighted by Crippen LogP contribution is -2.43. The second-order valence-corrected chi connectivity index (χ2v) is 6.14. The number of hydrogen-bond donors (Lipinski definition) is 0. The zero-order valence-electron chi connectivity index (χ0n) is 10.5. The number of rotatable bonds is 3. The first-order chi connectivity index (χ1) is 8.20. The summed E-state index contributed by atoms with van der Waals surface area (Å²) in [6, 6.07) is 0. The average Bonchev–Trinajstić information content (AvgIpc) is 2.76. The molecule has 0 aromatic carbocycles. The van der Waals surface area contributed by atoms with Crippen molar-refractivity contribution in [3.63, 3.8) is 0 Å². The predicted molar refractivity (Wildman–Crippen MR) is 71.2 cm³/mol. The number of carbonyl (C=O) groups excluding carboxylic acids is 1. The number of carbonyl (C=O) groups is 1. The number of amides is 1. The van der Waals surface area contributed by atoms with Gasteiger partial charge in [-0.25, -0.2) is 0 Å². The van der Waals surface area contributed by atoms with Gasteiger partial charge in [0.1, 0.15) is 0 Å². The smallest absolute Gasteiger partial charge is 0.228 e. The van der Waals surface area contributed by atoms with E-state index in [-0.39, 0.29) is 12.0 Å². The van der Waals surface area contributed by atoms with Crippen molar-refractivity contribution >= 4 is 21.8 Å². The third-order valence-corrected chi connectivity index (χ3v) is 4.35. The summed E-state index contributed by atoms with van der Waals surface area (Å²) in [6.45, 7) is 4.58. The van der Waals surface area contributed by atoms with Crippen LogP contribution in [-0.2, 0) is 9.53 Å². The van der Waals surface area contributed by atoms with Crippen LogP contribution in [0.4, 0.5) is 0 Å². The molecular weight excluding hydrogens is 282 g/mol. The topological polar surface area (TPSA) is 29.5 Å². The van der Waals surface area contributed by atoms with E-state index in [2.05, 4.69) is 27.8 Å². The minimum Gasteiger partial charge on any atom is -0.378 e. The highest BCUT2D eigenvalue weighted by Crippen LogP contribution is 2.25. The second kappa shape index (κ2) is 6.19. The molecule has 98 valence electrons. The standard InChI is InChI=1S/C13H22BrNO2/c1-10-7-12(9-17-10)13(16)15-6-2-3-11(8-15)4-5-14/h10-12H,2-9H2,1H3. The molecular formula is C13H22BrNO2. The Morgan fingerprint density at radius 2 is 2.35 bits per heavy atom. The van der Waals surface area contributed by atoms with Crippen LogP contribution in [-0.4, -0.2) is 41.9 Å². The molecule has 0 radical (unpaired) electrons. The van der Waals surface area contributed by atoms with Crippen LogP contribution in [0.3, 0.4) is 0 Å². The summed E-state index contributed by atoms with van der Waals surface area (Å²) in [4.78, 5) is 14.4. The Kier molecular flexibility index (Phi) is 4.86. The third kappa shape index (κ3) is 3.44. The molecule has 2 aliphatic rings. The number of likely N-dealkylation sites (tertiary alicyclic amines) is 1. The van der Waals surface area contributed by atoms with Crippen LogP contribution < -0.4 is 0 Å². The van der Waals surface area contributed by atoms with Gasteiger partial charge in [-0.15, -0.1) is 0 Å². The highest BCUT2D eigenvalue weighted by Gasteiger charge is 2.33. The lowest BCUT2D eigenvalue weighted by molar-refractivity contribution is -0.137. The maximum absolute atomic E-state index is 12.3. The zero-order chi connectivity index (χ0) is 12.3. The van der Waals surface area contributed by atoms with Gasteiger partial charge in [-0.1, -0.05) is 15.9 Å². The molecule has 4 heteroatoms. The van der Waals surface area contributed by atoms with Crippen molar-refractivity contribution in [2.45, 2.75) is 38.7 Å². The quantitative estimate of drug-likeness (QED) is 0.750. The summed E-state index contributed by atoms with van der Waals surface area (Å²) in [6.07, 6.45) is 4.77. The maximum Gasteiger partial charge on any atom is 0.228 e. The van der Waals surface area contributed by atoms with Gasteiger partial charge < -0.3 is 9.64 Å². The molecule has 0 aromatic rings. The Morgan fingerprint density at radius 1 is 1.53 bits per heavy atom. The van der Waals surface area contributed by atoms with Gasteiger partial charge in [0.15, 0.2) is 0 Å². The van der Waals surface area contributed by atoms with Gasteiger partial charge in [0.25, 0.3) is 0 Å². The van der Waals surface area contributed by atoms with E-state index in [1.807, 2.05) is 0 Å². The lowest BCUT2D eigenvalue weighted by atomic mass is 9.94. The normalized spacial score (nSPS) is 34.0. The minimum atomic E-state index is 0.118. The van der Waals surface area contributed by atoms with Gasteiger partial charge >= 0.3 is 0 Å². The summed E-state index contributed by atoms with van der Waals surface area (Å²) < 4.78 is 5.50. The third-order valence-electron chi connectivity index (χ3n) is 3.90. The zero-order valence-corrected chi connectivity index (χ0v) is 12.1. The van der Waals surface area contributed by atoms with Gasteiger partial charge in [0.2, 0.25) is 5.91 Å². The molecule has 1 amide bonds. The molecule has 0 aromatic heterocycles. The van der Waals surface area contributed by atoms with Crippen molar-refractivity contribution in [3.8, 4) is 0 Å². The van der Waals surface area contributed by atoms with Crippen molar-refractivity contribution in [1.29, 1.82) is 0 Å². The molecule has 2 fully saturated rings. The first-order valence-corrected chi connectivity index (χ1v) is 7.79. The second-order valence-electron chi connectivity index (χ2n) is 5.35. The Hall–Kier alpha value is -0.0900. The minimum absolute atomic E-state index is 0.118. The highest BCUT2D eigenvalue weighted by atomic mass is 79.9. The summed E-state index contributed by atoms with van der Waals surface area (Å²) in [5.41, 5.74) is 0. The maximum atomic E-state index is 12.3. The van der Waals surface area contributed by atoms with Gasteiger partial charge in [-0.3, -0.25) is 4.79 Å². The molecule has 0 bridgehead atoms. The van der Waals surface area contributed by atoms with Crippen LogP contribution in [0.25, 0.3) is 0 Å². The first-order valence-electron chi connectivity index (χ1n) is 6.67. The molecule has 0 spiro atoms. The number of ether oxygens (including phenoxy) is 1. The summed E-state index contributed by atoms with van der Waals surface area (Å²) in [5, 5.41) is 1.04. The van der Waals surface area contributed by atoms with Crippen molar-refractivity contribution in [2.75, 3.05) is 25.0 Å². The molecule has 2 saturated heterocycles. The number of alkyl halides is 1.